The molecule has 0 aromatic heterocycles. The van der Waals surface area contributed by atoms with Crippen molar-refractivity contribution in [2.45, 2.75) is 31.2 Å². The van der Waals surface area contributed by atoms with Crippen LogP contribution in [0.5, 0.6) is 5.75 Å². The molecule has 0 aliphatic heterocycles. The maximum Gasteiger partial charge on any atom is 0.501 e. The van der Waals surface area contributed by atoms with Crippen LogP contribution in [0.1, 0.15) is 16.7 Å². The lowest BCUT2D eigenvalue weighted by molar-refractivity contribution is -0.0436. The molecule has 0 bridgehead atoms. The summed E-state index contributed by atoms with van der Waals surface area (Å²) in [4.78, 5) is -0.935. The largest absolute Gasteiger partial charge is 0.507 e. The highest BCUT2D eigenvalue weighted by molar-refractivity contribution is 9.10. The first-order chi connectivity index (χ1) is 7.93. The second-order valence-electron chi connectivity index (χ2n) is 3.82. The molecular formula is C10H10BrF3O3S. The molecule has 1 rings (SSSR count). The maximum absolute atomic E-state index is 12.6. The molecule has 0 aliphatic carbocycles. The zero-order valence-corrected chi connectivity index (χ0v) is 12.1. The summed E-state index contributed by atoms with van der Waals surface area (Å²) in [7, 11) is -5.51. The van der Waals surface area contributed by atoms with Gasteiger partial charge in [-0.05, 0) is 47.8 Å². The molecular weight excluding hydrogens is 337 g/mol. The fourth-order valence-electron chi connectivity index (χ4n) is 1.50. The molecule has 0 fully saturated rings. The van der Waals surface area contributed by atoms with Gasteiger partial charge in [-0.15, -0.1) is 0 Å². The standard InChI is InChI=1S/C10H10BrF3O3S/c1-4-5(2)8(15)6(3)9(7(4)11)18(16,17)10(12,13)14/h15H,1-3H3. The SMILES string of the molecule is Cc1c(C)c(Br)c(S(=O)(=O)C(F)(F)F)c(C)c1O. The van der Waals surface area contributed by atoms with Gasteiger partial charge in [-0.3, -0.25) is 0 Å². The summed E-state index contributed by atoms with van der Waals surface area (Å²) in [5.41, 5.74) is -5.14. The van der Waals surface area contributed by atoms with Crippen LogP contribution < -0.4 is 0 Å². The number of rotatable bonds is 1. The Bertz CT molecular complexity index is 577. The molecule has 1 aromatic carbocycles. The minimum Gasteiger partial charge on any atom is -0.507 e. The maximum atomic E-state index is 12.6. The minimum absolute atomic E-state index is 0.173. The number of aromatic hydroxyl groups is 1. The number of benzene rings is 1. The van der Waals surface area contributed by atoms with Crippen LogP contribution in [-0.4, -0.2) is 19.0 Å². The predicted molar refractivity (Wildman–Crippen MR) is 63.3 cm³/mol. The van der Waals surface area contributed by atoms with E-state index in [0.717, 1.165) is 6.92 Å². The van der Waals surface area contributed by atoms with Crippen LogP contribution in [0.15, 0.2) is 9.37 Å². The Morgan fingerprint density at radius 3 is 1.89 bits per heavy atom. The summed E-state index contributed by atoms with van der Waals surface area (Å²) >= 11 is 2.85. The van der Waals surface area contributed by atoms with Crippen molar-refractivity contribution >= 4 is 25.8 Å². The van der Waals surface area contributed by atoms with Gasteiger partial charge in [0.15, 0.2) is 0 Å². The van der Waals surface area contributed by atoms with Crippen LogP contribution in [0.3, 0.4) is 0 Å². The summed E-state index contributed by atoms with van der Waals surface area (Å²) in [6, 6.07) is 0. The summed E-state index contributed by atoms with van der Waals surface area (Å²) in [6.45, 7) is 4.05. The van der Waals surface area contributed by atoms with Crippen molar-refractivity contribution in [3.8, 4) is 5.75 Å². The summed E-state index contributed by atoms with van der Waals surface area (Å²) < 4.78 is 60.4. The lowest BCUT2D eigenvalue weighted by Crippen LogP contribution is -2.25. The molecule has 18 heavy (non-hydrogen) atoms. The molecule has 1 N–H and O–H groups in total. The van der Waals surface area contributed by atoms with Crippen molar-refractivity contribution in [1.82, 2.24) is 0 Å². The van der Waals surface area contributed by atoms with Gasteiger partial charge in [-0.25, -0.2) is 8.42 Å². The average molecular weight is 347 g/mol. The van der Waals surface area contributed by atoms with Crippen molar-refractivity contribution in [3.63, 3.8) is 0 Å². The third kappa shape index (κ3) is 2.11. The number of alkyl halides is 3. The number of halogens is 4. The zero-order valence-electron chi connectivity index (χ0n) is 9.68. The smallest absolute Gasteiger partial charge is 0.501 e. The van der Waals surface area contributed by atoms with Crippen molar-refractivity contribution in [2.75, 3.05) is 0 Å². The fourth-order valence-corrected chi connectivity index (χ4v) is 3.86. The first-order valence-corrected chi connectivity index (χ1v) is 7.00. The summed E-state index contributed by atoms with van der Waals surface area (Å²) in [5, 5.41) is 9.67. The molecule has 0 saturated heterocycles. The minimum atomic E-state index is -5.51. The van der Waals surface area contributed by atoms with E-state index in [-0.39, 0.29) is 15.6 Å². The third-order valence-electron chi connectivity index (χ3n) is 2.72. The van der Waals surface area contributed by atoms with Crippen LogP contribution in [0, 0.1) is 20.8 Å². The average Bonchev–Trinajstić information content (AvgIpc) is 2.22. The van der Waals surface area contributed by atoms with E-state index in [1.165, 1.54) is 13.8 Å². The van der Waals surface area contributed by atoms with Gasteiger partial charge >= 0.3 is 5.51 Å². The zero-order chi connectivity index (χ0) is 14.5. The van der Waals surface area contributed by atoms with Crippen molar-refractivity contribution in [3.05, 3.63) is 21.2 Å². The number of hydrogen-bond donors (Lipinski definition) is 1. The number of phenolic OH excluding ortho intramolecular Hbond substituents is 1. The van der Waals surface area contributed by atoms with E-state index in [4.69, 9.17) is 0 Å². The van der Waals surface area contributed by atoms with Gasteiger partial charge in [0.2, 0.25) is 0 Å². The Balaban J connectivity index is 3.85. The lowest BCUT2D eigenvalue weighted by atomic mass is 10.1. The Morgan fingerprint density at radius 1 is 1.06 bits per heavy atom. The number of phenols is 1. The monoisotopic (exact) mass is 346 g/mol. The molecule has 8 heteroatoms. The molecule has 0 aliphatic rings. The molecule has 0 saturated carbocycles. The van der Waals surface area contributed by atoms with E-state index >= 15 is 0 Å². The second kappa shape index (κ2) is 4.41. The van der Waals surface area contributed by atoms with E-state index in [1.807, 2.05) is 0 Å². The predicted octanol–water partition coefficient (Wildman–Crippen LogP) is 3.37. The van der Waals surface area contributed by atoms with Gasteiger partial charge in [0, 0.05) is 10.0 Å². The van der Waals surface area contributed by atoms with Crippen LogP contribution >= 0.6 is 15.9 Å². The Hall–Kier alpha value is -0.760. The van der Waals surface area contributed by atoms with E-state index in [1.54, 1.807) is 0 Å². The molecule has 0 amide bonds. The molecule has 102 valence electrons. The van der Waals surface area contributed by atoms with Crippen LogP contribution in [0.25, 0.3) is 0 Å². The lowest BCUT2D eigenvalue weighted by Gasteiger charge is -2.17. The summed E-state index contributed by atoms with van der Waals surface area (Å²) in [6.07, 6.45) is 0. The van der Waals surface area contributed by atoms with Crippen molar-refractivity contribution in [1.29, 1.82) is 0 Å². The highest BCUT2D eigenvalue weighted by atomic mass is 79.9. The second-order valence-corrected chi connectivity index (χ2v) is 6.49. The van der Waals surface area contributed by atoms with Crippen LogP contribution in [0.2, 0.25) is 0 Å². The molecule has 0 unspecified atom stereocenters. The Kier molecular flexibility index (Phi) is 3.75. The van der Waals surface area contributed by atoms with E-state index in [2.05, 4.69) is 15.9 Å². The quantitative estimate of drug-likeness (QED) is 0.848. The van der Waals surface area contributed by atoms with Crippen molar-refractivity contribution in [2.24, 2.45) is 0 Å². The van der Waals surface area contributed by atoms with Gasteiger partial charge in [-0.2, -0.15) is 13.2 Å². The van der Waals surface area contributed by atoms with Gasteiger partial charge in [0.25, 0.3) is 9.84 Å². The van der Waals surface area contributed by atoms with Gasteiger partial charge in [-0.1, -0.05) is 0 Å². The number of hydrogen-bond acceptors (Lipinski definition) is 3. The van der Waals surface area contributed by atoms with Gasteiger partial charge < -0.3 is 5.11 Å². The Labute approximate surface area is 111 Å². The first kappa shape index (κ1) is 15.3. The number of sulfone groups is 1. The van der Waals surface area contributed by atoms with E-state index in [0.29, 0.717) is 5.56 Å². The third-order valence-corrected chi connectivity index (χ3v) is 5.63. The molecule has 3 nitrogen and oxygen atoms in total. The highest BCUT2D eigenvalue weighted by Gasteiger charge is 2.49. The van der Waals surface area contributed by atoms with Gasteiger partial charge in [0.1, 0.15) is 5.75 Å². The molecule has 0 atom stereocenters. The van der Waals surface area contributed by atoms with E-state index in [9.17, 15) is 26.7 Å². The normalized spacial score (nSPS) is 12.8. The fraction of sp³-hybridized carbons (Fsp3) is 0.400. The summed E-state index contributed by atoms with van der Waals surface area (Å²) in [5.74, 6) is -0.446. The van der Waals surface area contributed by atoms with Gasteiger partial charge in [0.05, 0.1) is 4.90 Å². The Morgan fingerprint density at radius 2 is 1.50 bits per heavy atom. The first-order valence-electron chi connectivity index (χ1n) is 4.72. The van der Waals surface area contributed by atoms with Crippen molar-refractivity contribution < 1.29 is 26.7 Å². The van der Waals surface area contributed by atoms with Crippen LogP contribution in [0.4, 0.5) is 13.2 Å². The van der Waals surface area contributed by atoms with Crippen LogP contribution in [-0.2, 0) is 9.84 Å². The topological polar surface area (TPSA) is 54.4 Å². The highest BCUT2D eigenvalue weighted by Crippen LogP contribution is 2.42. The van der Waals surface area contributed by atoms with E-state index < -0.39 is 26.0 Å². The molecule has 0 spiro atoms. The molecule has 0 heterocycles. The molecule has 1 aromatic rings. The molecule has 0 radical (unpaired) electrons.